The highest BCUT2D eigenvalue weighted by molar-refractivity contribution is 6.01. The van der Waals surface area contributed by atoms with Gasteiger partial charge in [-0.05, 0) is 55.6 Å². The minimum atomic E-state index is -0.952. The first-order chi connectivity index (χ1) is 18.9. The lowest BCUT2D eigenvalue weighted by Gasteiger charge is -2.26. The first kappa shape index (κ1) is 27.2. The maximum atomic E-state index is 13.1. The molecule has 0 fully saturated rings. The van der Waals surface area contributed by atoms with Gasteiger partial charge in [0.25, 0.3) is 0 Å². The number of anilines is 3. The Kier molecular flexibility index (Phi) is 8.81. The Morgan fingerprint density at radius 2 is 1.62 bits per heavy atom. The van der Waals surface area contributed by atoms with Crippen molar-refractivity contribution in [2.45, 2.75) is 26.1 Å². The van der Waals surface area contributed by atoms with E-state index in [1.54, 1.807) is 60.7 Å². The maximum absolute atomic E-state index is 13.1. The van der Waals surface area contributed by atoms with Crippen LogP contribution in [0.15, 0.2) is 97.1 Å². The highest BCUT2D eigenvalue weighted by Gasteiger charge is 2.28. The van der Waals surface area contributed by atoms with Gasteiger partial charge in [-0.2, -0.15) is 0 Å². The summed E-state index contributed by atoms with van der Waals surface area (Å²) in [6, 6.07) is 24.7. The average molecular weight is 526 g/mol. The van der Waals surface area contributed by atoms with E-state index < -0.39 is 24.2 Å². The van der Waals surface area contributed by atoms with Crippen LogP contribution in [0.4, 0.5) is 21.9 Å². The van der Waals surface area contributed by atoms with E-state index in [4.69, 9.17) is 15.2 Å². The molecular weight excluding hydrogens is 494 g/mol. The van der Waals surface area contributed by atoms with Crippen molar-refractivity contribution >= 4 is 39.8 Å². The molecule has 0 heterocycles. The molecule has 5 N–H and O–H groups in total. The number of rotatable bonds is 9. The van der Waals surface area contributed by atoms with Crippen molar-refractivity contribution in [1.29, 1.82) is 0 Å². The summed E-state index contributed by atoms with van der Waals surface area (Å²) in [6.07, 6.45) is 0.394. The molecule has 0 radical (unpaired) electrons. The standard InChI is InChI=1S/C31H31N3O5/c1-3-38-28(18-19-29(36)34-26-11-7-6-10-25(26)32)30(39-31(37)33-21-14-12-20(2)13-15-21)24-16-17-27(35)23-9-5-4-8-22(23)24/h4-19,28,30,35H,3,32H2,1-2H3,(H,33,37)(H,34,36)/b19-18+/t28-,30-/m1/s1. The normalized spacial score (nSPS) is 12.7. The van der Waals surface area contributed by atoms with Crippen LogP contribution < -0.4 is 16.4 Å². The summed E-state index contributed by atoms with van der Waals surface area (Å²) in [7, 11) is 0. The number of aryl methyl sites for hydroxylation is 1. The largest absolute Gasteiger partial charge is 0.507 e. The lowest BCUT2D eigenvalue weighted by atomic mass is 9.96. The molecule has 0 aromatic heterocycles. The van der Waals surface area contributed by atoms with E-state index in [2.05, 4.69) is 10.6 Å². The summed E-state index contributed by atoms with van der Waals surface area (Å²) in [6.45, 7) is 4.05. The molecular formula is C31H31N3O5. The SMILES string of the molecule is CCO[C@H](/C=C/C(=O)Nc1ccccc1N)[C@H](OC(=O)Nc1ccc(C)cc1)c1ccc(O)c2ccccc12. The van der Waals surface area contributed by atoms with Gasteiger partial charge in [-0.15, -0.1) is 0 Å². The highest BCUT2D eigenvalue weighted by Crippen LogP contribution is 2.35. The molecule has 0 aliphatic heterocycles. The van der Waals surface area contributed by atoms with Crippen LogP contribution in [0.3, 0.4) is 0 Å². The maximum Gasteiger partial charge on any atom is 0.412 e. The number of nitrogens with two attached hydrogens (primary N) is 1. The molecule has 0 saturated heterocycles. The minimum Gasteiger partial charge on any atom is -0.507 e. The molecule has 2 amide bonds. The fourth-order valence-electron chi connectivity index (χ4n) is 4.17. The number of amides is 2. The zero-order chi connectivity index (χ0) is 27.8. The van der Waals surface area contributed by atoms with Crippen LogP contribution in [0, 0.1) is 6.92 Å². The Balaban J connectivity index is 1.66. The van der Waals surface area contributed by atoms with Crippen molar-refractivity contribution in [2.75, 3.05) is 23.0 Å². The molecule has 0 aliphatic rings. The van der Waals surface area contributed by atoms with E-state index >= 15 is 0 Å². The second-order valence-electron chi connectivity index (χ2n) is 8.89. The van der Waals surface area contributed by atoms with Gasteiger partial charge in [0.1, 0.15) is 11.9 Å². The zero-order valence-electron chi connectivity index (χ0n) is 21.8. The van der Waals surface area contributed by atoms with Gasteiger partial charge in [-0.3, -0.25) is 10.1 Å². The van der Waals surface area contributed by atoms with E-state index in [-0.39, 0.29) is 12.4 Å². The summed E-state index contributed by atoms with van der Waals surface area (Å²) < 4.78 is 11.9. The number of phenolic OH excluding ortho intramolecular Hbond substituents is 1. The molecule has 200 valence electrons. The number of nitrogens with one attached hydrogen (secondary N) is 2. The van der Waals surface area contributed by atoms with Crippen LogP contribution in [-0.4, -0.2) is 29.8 Å². The number of aromatic hydroxyl groups is 1. The Bertz CT molecular complexity index is 1480. The zero-order valence-corrected chi connectivity index (χ0v) is 21.8. The van der Waals surface area contributed by atoms with Crippen molar-refractivity contribution in [3.63, 3.8) is 0 Å². The van der Waals surface area contributed by atoms with Gasteiger partial charge < -0.3 is 25.6 Å². The smallest absolute Gasteiger partial charge is 0.412 e. The van der Waals surface area contributed by atoms with Crippen molar-refractivity contribution in [1.82, 2.24) is 0 Å². The predicted octanol–water partition coefficient (Wildman–Crippen LogP) is 6.33. The third-order valence-electron chi connectivity index (χ3n) is 6.09. The van der Waals surface area contributed by atoms with Crippen LogP contribution in [0.1, 0.15) is 24.2 Å². The van der Waals surface area contributed by atoms with E-state index in [9.17, 15) is 14.7 Å². The van der Waals surface area contributed by atoms with Crippen molar-refractivity contribution in [3.8, 4) is 5.75 Å². The van der Waals surface area contributed by atoms with Gasteiger partial charge in [0.15, 0.2) is 6.10 Å². The third-order valence-corrected chi connectivity index (χ3v) is 6.09. The van der Waals surface area contributed by atoms with Crippen molar-refractivity contribution in [3.05, 3.63) is 108 Å². The van der Waals surface area contributed by atoms with E-state index in [1.165, 1.54) is 6.08 Å². The molecule has 0 spiro atoms. The van der Waals surface area contributed by atoms with Gasteiger partial charge in [-0.25, -0.2) is 4.79 Å². The number of carbonyl (C=O) groups excluding carboxylic acids is 2. The number of fused-ring (bicyclic) bond motifs is 1. The van der Waals surface area contributed by atoms with Crippen LogP contribution >= 0.6 is 0 Å². The molecule has 0 bridgehead atoms. The highest BCUT2D eigenvalue weighted by atomic mass is 16.6. The third kappa shape index (κ3) is 6.94. The molecule has 8 heteroatoms. The predicted molar refractivity (Wildman–Crippen MR) is 154 cm³/mol. The Morgan fingerprint density at radius 1 is 0.923 bits per heavy atom. The quantitative estimate of drug-likeness (QED) is 0.150. The second kappa shape index (κ2) is 12.6. The Morgan fingerprint density at radius 3 is 2.33 bits per heavy atom. The summed E-state index contributed by atoms with van der Waals surface area (Å²) in [4.78, 5) is 25.8. The molecule has 8 nitrogen and oxygen atoms in total. The molecule has 0 saturated carbocycles. The first-order valence-corrected chi connectivity index (χ1v) is 12.6. The van der Waals surface area contributed by atoms with Crippen LogP contribution in [0.2, 0.25) is 0 Å². The number of hydrogen-bond donors (Lipinski definition) is 4. The molecule has 2 atom stereocenters. The van der Waals surface area contributed by atoms with Crippen LogP contribution in [0.5, 0.6) is 5.75 Å². The van der Waals surface area contributed by atoms with Gasteiger partial charge in [0.05, 0.1) is 11.4 Å². The topological polar surface area (TPSA) is 123 Å². The number of ether oxygens (including phenoxy) is 2. The lowest BCUT2D eigenvalue weighted by molar-refractivity contribution is -0.112. The summed E-state index contributed by atoms with van der Waals surface area (Å²) in [5, 5.41) is 17.2. The average Bonchev–Trinajstić information content (AvgIpc) is 2.93. The minimum absolute atomic E-state index is 0.0977. The number of phenols is 1. The van der Waals surface area contributed by atoms with E-state index in [1.807, 2.05) is 44.2 Å². The first-order valence-electron chi connectivity index (χ1n) is 12.6. The fourth-order valence-corrected chi connectivity index (χ4v) is 4.17. The van der Waals surface area contributed by atoms with E-state index in [0.29, 0.717) is 33.4 Å². The van der Waals surface area contributed by atoms with E-state index in [0.717, 1.165) is 5.56 Å². The van der Waals surface area contributed by atoms with Crippen LogP contribution in [0.25, 0.3) is 10.8 Å². The number of benzene rings is 4. The number of para-hydroxylation sites is 2. The van der Waals surface area contributed by atoms with Gasteiger partial charge in [-0.1, -0.05) is 60.2 Å². The molecule has 0 aliphatic carbocycles. The number of nitrogen functional groups attached to an aromatic ring is 1. The molecule has 39 heavy (non-hydrogen) atoms. The van der Waals surface area contributed by atoms with Gasteiger partial charge >= 0.3 is 6.09 Å². The Labute approximate surface area is 227 Å². The van der Waals surface area contributed by atoms with Crippen molar-refractivity contribution in [2.24, 2.45) is 0 Å². The summed E-state index contributed by atoms with van der Waals surface area (Å²) in [5.41, 5.74) is 9.09. The Hall–Kier alpha value is -4.82. The van der Waals surface area contributed by atoms with Gasteiger partial charge in [0, 0.05) is 29.3 Å². The molecule has 0 unspecified atom stereocenters. The molecule has 4 aromatic rings. The molecule has 4 rings (SSSR count). The molecule has 4 aromatic carbocycles. The lowest BCUT2D eigenvalue weighted by Crippen LogP contribution is -2.28. The van der Waals surface area contributed by atoms with Crippen LogP contribution in [-0.2, 0) is 14.3 Å². The monoisotopic (exact) mass is 525 g/mol. The number of carbonyl (C=O) groups is 2. The van der Waals surface area contributed by atoms with Crippen molar-refractivity contribution < 1.29 is 24.2 Å². The summed E-state index contributed by atoms with van der Waals surface area (Å²) >= 11 is 0. The number of hydrogen-bond acceptors (Lipinski definition) is 6. The fraction of sp³-hybridized carbons (Fsp3) is 0.161. The second-order valence-corrected chi connectivity index (χ2v) is 8.89. The van der Waals surface area contributed by atoms with Gasteiger partial charge in [0.2, 0.25) is 5.91 Å². The summed E-state index contributed by atoms with van der Waals surface area (Å²) in [5.74, 6) is -0.323.